The molecule has 1 aliphatic carbocycles. The number of aliphatic carboxylic acids is 1. The summed E-state index contributed by atoms with van der Waals surface area (Å²) in [7, 11) is 1.31. The Morgan fingerprint density at radius 2 is 1.49 bits per heavy atom. The summed E-state index contributed by atoms with van der Waals surface area (Å²) in [6, 6.07) is 24.2. The molecule has 0 spiro atoms. The van der Waals surface area contributed by atoms with Gasteiger partial charge >= 0.3 is 12.1 Å². The Morgan fingerprint density at radius 1 is 0.914 bits per heavy atom. The quantitative estimate of drug-likeness (QED) is 0.459. The number of hydrogen-bond donors (Lipinski definition) is 2. The van der Waals surface area contributed by atoms with E-state index in [0.717, 1.165) is 32.9 Å². The number of nitrogens with zero attached hydrogens (tertiary/aromatic N) is 1. The van der Waals surface area contributed by atoms with Crippen molar-refractivity contribution < 1.29 is 29.1 Å². The van der Waals surface area contributed by atoms with Crippen molar-refractivity contribution >= 4 is 18.0 Å². The number of nitrogens with one attached hydrogen (secondary N) is 1. The number of likely N-dealkylation sites (N-methyl/N-ethyl adjacent to an activating group) is 1. The number of carbonyl (C=O) groups is 3. The number of benzene rings is 3. The van der Waals surface area contributed by atoms with Crippen LogP contribution in [0.2, 0.25) is 0 Å². The largest absolute Gasteiger partial charge is 0.479 e. The SMILES string of the molecule is CN(OCC(=O)O)C(=O)[C@@H](Cc1ccccc1)NC(=O)OCC1c2ccccc2-c2ccccc21. The molecule has 4 rings (SSSR count). The predicted octanol–water partition coefficient (Wildman–Crippen LogP) is 3.61. The molecule has 0 aliphatic heterocycles. The molecule has 2 N–H and O–H groups in total. The van der Waals surface area contributed by atoms with Crippen LogP contribution in [0, 0.1) is 0 Å². The topological polar surface area (TPSA) is 105 Å². The third-order valence-electron chi connectivity index (χ3n) is 5.91. The van der Waals surface area contributed by atoms with E-state index >= 15 is 0 Å². The second-order valence-corrected chi connectivity index (χ2v) is 8.22. The van der Waals surface area contributed by atoms with E-state index in [1.165, 1.54) is 7.05 Å². The molecule has 180 valence electrons. The van der Waals surface area contributed by atoms with Crippen LogP contribution < -0.4 is 5.32 Å². The number of rotatable bonds is 9. The Kier molecular flexibility index (Phi) is 7.42. The highest BCUT2D eigenvalue weighted by Gasteiger charge is 2.30. The van der Waals surface area contributed by atoms with Crippen molar-refractivity contribution in [3.63, 3.8) is 0 Å². The highest BCUT2D eigenvalue weighted by atomic mass is 16.7. The van der Waals surface area contributed by atoms with Gasteiger partial charge in [0.25, 0.3) is 5.91 Å². The van der Waals surface area contributed by atoms with Crippen LogP contribution in [-0.2, 0) is 25.6 Å². The van der Waals surface area contributed by atoms with Crippen LogP contribution in [0.4, 0.5) is 4.79 Å². The van der Waals surface area contributed by atoms with E-state index in [1.54, 1.807) is 0 Å². The van der Waals surface area contributed by atoms with Crippen LogP contribution in [-0.4, -0.2) is 54.4 Å². The van der Waals surface area contributed by atoms with Gasteiger partial charge in [-0.3, -0.25) is 9.63 Å². The third-order valence-corrected chi connectivity index (χ3v) is 5.91. The van der Waals surface area contributed by atoms with Gasteiger partial charge < -0.3 is 15.2 Å². The standard InChI is InChI=1S/C27H26N2O6/c1-29(35-17-25(30)31)26(32)24(15-18-9-3-2-4-10-18)28-27(33)34-16-23-21-13-7-5-11-19(21)20-12-6-8-14-22(20)23/h2-14,23-24H,15-17H2,1H3,(H,28,33)(H,30,31)/t24-/m1/s1. The molecule has 2 amide bonds. The second-order valence-electron chi connectivity index (χ2n) is 8.22. The van der Waals surface area contributed by atoms with Gasteiger partial charge in [0.05, 0.1) is 0 Å². The predicted molar refractivity (Wildman–Crippen MR) is 128 cm³/mol. The molecule has 0 saturated heterocycles. The lowest BCUT2D eigenvalue weighted by atomic mass is 9.98. The van der Waals surface area contributed by atoms with E-state index in [-0.39, 0.29) is 18.9 Å². The molecule has 8 nitrogen and oxygen atoms in total. The molecule has 0 fully saturated rings. The van der Waals surface area contributed by atoms with E-state index in [2.05, 4.69) is 17.4 Å². The molecule has 3 aromatic rings. The highest BCUT2D eigenvalue weighted by molar-refractivity contribution is 5.85. The molecule has 0 saturated carbocycles. The van der Waals surface area contributed by atoms with Crippen molar-refractivity contribution in [2.75, 3.05) is 20.3 Å². The molecule has 0 radical (unpaired) electrons. The Balaban J connectivity index is 1.45. The fraction of sp³-hybridized carbons (Fsp3) is 0.222. The van der Waals surface area contributed by atoms with Crippen molar-refractivity contribution in [2.24, 2.45) is 0 Å². The third kappa shape index (κ3) is 5.67. The summed E-state index contributed by atoms with van der Waals surface area (Å²) in [5.41, 5.74) is 5.22. The van der Waals surface area contributed by atoms with Gasteiger partial charge in [-0.15, -0.1) is 0 Å². The van der Waals surface area contributed by atoms with E-state index in [9.17, 15) is 14.4 Å². The molecular weight excluding hydrogens is 448 g/mol. The van der Waals surface area contributed by atoms with E-state index in [0.29, 0.717) is 0 Å². The maximum atomic E-state index is 12.9. The zero-order valence-electron chi connectivity index (χ0n) is 19.2. The summed E-state index contributed by atoms with van der Waals surface area (Å²) in [5.74, 6) is -1.92. The number of carbonyl (C=O) groups excluding carboxylic acids is 2. The molecule has 0 bridgehead atoms. The van der Waals surface area contributed by atoms with Gasteiger partial charge in [0.2, 0.25) is 0 Å². The lowest BCUT2D eigenvalue weighted by Crippen LogP contribution is -2.49. The Hall–Kier alpha value is -4.17. The van der Waals surface area contributed by atoms with Crippen molar-refractivity contribution in [2.45, 2.75) is 18.4 Å². The van der Waals surface area contributed by atoms with Crippen molar-refractivity contribution in [1.29, 1.82) is 0 Å². The fourth-order valence-corrected chi connectivity index (χ4v) is 4.27. The molecule has 1 aliphatic rings. The summed E-state index contributed by atoms with van der Waals surface area (Å²) < 4.78 is 5.58. The molecule has 35 heavy (non-hydrogen) atoms. The first-order valence-electron chi connectivity index (χ1n) is 11.2. The number of carboxylic acid groups (broad SMARTS) is 1. The first-order chi connectivity index (χ1) is 16.9. The van der Waals surface area contributed by atoms with Crippen LogP contribution in [0.3, 0.4) is 0 Å². The van der Waals surface area contributed by atoms with E-state index in [1.807, 2.05) is 66.7 Å². The molecule has 8 heteroatoms. The molecular formula is C27H26N2O6. The molecule has 1 atom stereocenters. The number of ether oxygens (including phenoxy) is 1. The number of fused-ring (bicyclic) bond motifs is 3. The summed E-state index contributed by atoms with van der Waals surface area (Å²) in [4.78, 5) is 41.5. The van der Waals surface area contributed by atoms with Gasteiger partial charge in [0, 0.05) is 19.4 Å². The van der Waals surface area contributed by atoms with Gasteiger partial charge in [0.1, 0.15) is 12.6 Å². The normalized spacial score (nSPS) is 12.8. The molecule has 0 unspecified atom stereocenters. The van der Waals surface area contributed by atoms with Crippen molar-refractivity contribution in [3.05, 3.63) is 95.6 Å². The van der Waals surface area contributed by atoms with E-state index < -0.39 is 30.6 Å². The first-order valence-corrected chi connectivity index (χ1v) is 11.2. The first kappa shape index (κ1) is 24.0. The minimum absolute atomic E-state index is 0.109. The number of amides is 2. The summed E-state index contributed by atoms with van der Waals surface area (Å²) in [5, 5.41) is 12.3. The van der Waals surface area contributed by atoms with Crippen LogP contribution in [0.15, 0.2) is 78.9 Å². The monoisotopic (exact) mass is 474 g/mol. The molecule has 3 aromatic carbocycles. The zero-order chi connectivity index (χ0) is 24.8. The average molecular weight is 475 g/mol. The lowest BCUT2D eigenvalue weighted by molar-refractivity contribution is -0.187. The van der Waals surface area contributed by atoms with Crippen LogP contribution in [0.1, 0.15) is 22.6 Å². The van der Waals surface area contributed by atoms with Gasteiger partial charge in [-0.1, -0.05) is 78.9 Å². The van der Waals surface area contributed by atoms with Crippen LogP contribution in [0.25, 0.3) is 11.1 Å². The maximum absolute atomic E-state index is 12.9. The maximum Gasteiger partial charge on any atom is 0.407 e. The highest BCUT2D eigenvalue weighted by Crippen LogP contribution is 2.44. The number of hydrogen-bond acceptors (Lipinski definition) is 5. The minimum atomic E-state index is -1.21. The summed E-state index contributed by atoms with van der Waals surface area (Å²) in [6.07, 6.45) is -0.558. The van der Waals surface area contributed by atoms with Crippen molar-refractivity contribution in [3.8, 4) is 11.1 Å². The van der Waals surface area contributed by atoms with Gasteiger partial charge in [0.15, 0.2) is 6.61 Å². The van der Waals surface area contributed by atoms with Gasteiger partial charge in [-0.25, -0.2) is 14.7 Å². The Labute approximate surface area is 203 Å². The fourth-order valence-electron chi connectivity index (χ4n) is 4.27. The molecule has 0 aromatic heterocycles. The lowest BCUT2D eigenvalue weighted by Gasteiger charge is -2.24. The Morgan fingerprint density at radius 3 is 2.09 bits per heavy atom. The number of hydroxylamine groups is 2. The number of carboxylic acids is 1. The molecule has 0 heterocycles. The van der Waals surface area contributed by atoms with Crippen molar-refractivity contribution in [1.82, 2.24) is 10.4 Å². The van der Waals surface area contributed by atoms with E-state index in [4.69, 9.17) is 14.7 Å². The van der Waals surface area contributed by atoms with Gasteiger partial charge in [-0.2, -0.15) is 0 Å². The smallest absolute Gasteiger partial charge is 0.407 e. The van der Waals surface area contributed by atoms with Gasteiger partial charge in [-0.05, 0) is 27.8 Å². The van der Waals surface area contributed by atoms with Crippen LogP contribution >= 0.6 is 0 Å². The minimum Gasteiger partial charge on any atom is -0.479 e. The van der Waals surface area contributed by atoms with Crippen LogP contribution in [0.5, 0.6) is 0 Å². The zero-order valence-corrected chi connectivity index (χ0v) is 19.2. The number of alkyl carbamates (subject to hydrolysis) is 1. The average Bonchev–Trinajstić information content (AvgIpc) is 3.19. The Bertz CT molecular complexity index is 1170. The second kappa shape index (κ2) is 10.8. The summed E-state index contributed by atoms with van der Waals surface area (Å²) in [6.45, 7) is -0.567. The summed E-state index contributed by atoms with van der Waals surface area (Å²) >= 11 is 0.